The van der Waals surface area contributed by atoms with Crippen molar-refractivity contribution < 1.29 is 19.8 Å². The molecule has 2 heterocycles. The highest BCUT2D eigenvalue weighted by Gasteiger charge is 2.48. The van der Waals surface area contributed by atoms with Gasteiger partial charge in [-0.1, -0.05) is 35.9 Å². The highest BCUT2D eigenvalue weighted by atomic mass is 35.5. The number of hydrogen-bond donors (Lipinski definition) is 2. The van der Waals surface area contributed by atoms with Crippen LogP contribution in [0.5, 0.6) is 5.75 Å². The van der Waals surface area contributed by atoms with E-state index in [-0.39, 0.29) is 22.8 Å². The second-order valence-corrected chi connectivity index (χ2v) is 8.02. The van der Waals surface area contributed by atoms with E-state index in [0.29, 0.717) is 10.6 Å². The van der Waals surface area contributed by atoms with E-state index >= 15 is 0 Å². The third-order valence-corrected chi connectivity index (χ3v) is 6.14. The number of aryl methyl sites for hydroxylation is 1. The zero-order valence-electron chi connectivity index (χ0n) is 15.3. The summed E-state index contributed by atoms with van der Waals surface area (Å²) in [7, 11) is 0. The summed E-state index contributed by atoms with van der Waals surface area (Å²) in [6.07, 6.45) is 0. The Morgan fingerprint density at radius 1 is 1.10 bits per heavy atom. The summed E-state index contributed by atoms with van der Waals surface area (Å²) in [5, 5.41) is 23.6. The Morgan fingerprint density at radius 2 is 1.86 bits per heavy atom. The molecule has 1 amide bonds. The first-order valence-corrected chi connectivity index (χ1v) is 10.0. The number of phenols is 1. The highest BCUT2D eigenvalue weighted by molar-refractivity contribution is 7.10. The minimum absolute atomic E-state index is 0.0360. The topological polar surface area (TPSA) is 77.8 Å². The molecule has 2 aromatic carbocycles. The first-order chi connectivity index (χ1) is 13.9. The van der Waals surface area contributed by atoms with E-state index in [9.17, 15) is 19.8 Å². The number of aliphatic hydroxyl groups is 1. The van der Waals surface area contributed by atoms with E-state index in [1.54, 1.807) is 36.4 Å². The standard InChI is InChI=1S/C22H16ClNO4S/c1-12-9-10-29-21(12)18-17(19(26)13-5-4-6-14(23)11-13)20(27)22(28)24(18)15-7-2-3-8-16(15)25/h2-11,18,25-26H,1H3/b19-17-. The third kappa shape index (κ3) is 3.20. The summed E-state index contributed by atoms with van der Waals surface area (Å²) in [5.41, 5.74) is 1.38. The van der Waals surface area contributed by atoms with Crippen LogP contribution in [0.1, 0.15) is 22.0 Å². The molecule has 1 saturated heterocycles. The third-order valence-electron chi connectivity index (χ3n) is 4.83. The van der Waals surface area contributed by atoms with E-state index < -0.39 is 17.7 Å². The number of carbonyl (C=O) groups excluding carboxylic acids is 2. The van der Waals surface area contributed by atoms with E-state index in [0.717, 1.165) is 10.4 Å². The molecule has 0 radical (unpaired) electrons. The van der Waals surface area contributed by atoms with Gasteiger partial charge in [0, 0.05) is 15.5 Å². The minimum atomic E-state index is -0.859. The number of carbonyl (C=O) groups is 2. The maximum atomic E-state index is 13.0. The number of benzene rings is 2. The number of Topliss-reactive ketones (excluding diaryl/α,β-unsaturated/α-hetero) is 1. The number of phenolic OH excluding ortho intramolecular Hbond substituents is 1. The fraction of sp³-hybridized carbons (Fsp3) is 0.0909. The fourth-order valence-corrected chi connectivity index (χ4v) is 4.67. The van der Waals surface area contributed by atoms with Crippen molar-refractivity contribution >= 4 is 46.1 Å². The van der Waals surface area contributed by atoms with Crippen molar-refractivity contribution in [2.75, 3.05) is 4.90 Å². The first-order valence-electron chi connectivity index (χ1n) is 8.79. The van der Waals surface area contributed by atoms with Gasteiger partial charge in [-0.05, 0) is 48.2 Å². The van der Waals surface area contributed by atoms with Gasteiger partial charge in [-0.3, -0.25) is 14.5 Å². The van der Waals surface area contributed by atoms with E-state index in [2.05, 4.69) is 0 Å². The number of aromatic hydroxyl groups is 1. The lowest BCUT2D eigenvalue weighted by atomic mass is 9.98. The average Bonchev–Trinajstić information content (AvgIpc) is 3.23. The molecule has 0 aliphatic carbocycles. The molecule has 29 heavy (non-hydrogen) atoms. The molecule has 1 fully saturated rings. The van der Waals surface area contributed by atoms with Crippen LogP contribution in [0.4, 0.5) is 5.69 Å². The molecular formula is C22H16ClNO4S. The van der Waals surface area contributed by atoms with Gasteiger partial charge in [-0.25, -0.2) is 0 Å². The Kier molecular flexibility index (Phi) is 4.90. The molecule has 1 atom stereocenters. The molecule has 2 N–H and O–H groups in total. The number of hydrogen-bond acceptors (Lipinski definition) is 5. The number of anilines is 1. The molecule has 0 bridgehead atoms. The smallest absolute Gasteiger partial charge is 0.300 e. The summed E-state index contributed by atoms with van der Waals surface area (Å²) >= 11 is 7.42. The lowest BCUT2D eigenvalue weighted by Gasteiger charge is -2.25. The van der Waals surface area contributed by atoms with Gasteiger partial charge in [0.15, 0.2) is 0 Å². The Bertz CT molecular complexity index is 1170. The first kappa shape index (κ1) is 19.2. The van der Waals surface area contributed by atoms with Gasteiger partial charge < -0.3 is 10.2 Å². The number of ketones is 1. The monoisotopic (exact) mass is 425 g/mol. The molecule has 146 valence electrons. The van der Waals surface area contributed by atoms with Gasteiger partial charge in [0.05, 0.1) is 11.3 Å². The predicted octanol–water partition coefficient (Wildman–Crippen LogP) is 5.04. The van der Waals surface area contributed by atoms with Gasteiger partial charge in [0.2, 0.25) is 0 Å². The van der Waals surface area contributed by atoms with Crippen molar-refractivity contribution in [3.63, 3.8) is 0 Å². The van der Waals surface area contributed by atoms with Crippen LogP contribution in [0.15, 0.2) is 65.6 Å². The molecule has 1 aliphatic heterocycles. The van der Waals surface area contributed by atoms with Crippen molar-refractivity contribution in [2.24, 2.45) is 0 Å². The SMILES string of the molecule is Cc1ccsc1C1/C(=C(/O)c2cccc(Cl)c2)C(=O)C(=O)N1c1ccccc1O. The summed E-state index contributed by atoms with van der Waals surface area (Å²) in [4.78, 5) is 28.0. The van der Waals surface area contributed by atoms with Crippen LogP contribution in [-0.2, 0) is 9.59 Å². The molecule has 3 aromatic rings. The largest absolute Gasteiger partial charge is 0.507 e. The maximum absolute atomic E-state index is 13.0. The normalized spacial score (nSPS) is 18.4. The van der Waals surface area contributed by atoms with Crippen molar-refractivity contribution in [1.29, 1.82) is 0 Å². The lowest BCUT2D eigenvalue weighted by molar-refractivity contribution is -0.132. The van der Waals surface area contributed by atoms with Gasteiger partial charge in [-0.2, -0.15) is 0 Å². The molecule has 5 nitrogen and oxygen atoms in total. The number of rotatable bonds is 3. The second-order valence-electron chi connectivity index (χ2n) is 6.64. The van der Waals surface area contributed by atoms with Gasteiger partial charge >= 0.3 is 0 Å². The summed E-state index contributed by atoms with van der Waals surface area (Å²) in [6.45, 7) is 1.87. The second kappa shape index (κ2) is 7.39. The summed E-state index contributed by atoms with van der Waals surface area (Å²) in [5.74, 6) is -2.06. The molecule has 1 unspecified atom stereocenters. The van der Waals surface area contributed by atoms with Crippen LogP contribution >= 0.6 is 22.9 Å². The zero-order chi connectivity index (χ0) is 20.7. The average molecular weight is 426 g/mol. The molecule has 1 aliphatic rings. The number of nitrogens with zero attached hydrogens (tertiary/aromatic N) is 1. The number of thiophene rings is 1. The summed E-state index contributed by atoms with van der Waals surface area (Å²) in [6, 6.07) is 13.8. The molecule has 4 rings (SSSR count). The van der Waals surface area contributed by atoms with Crippen LogP contribution in [0.3, 0.4) is 0 Å². The highest BCUT2D eigenvalue weighted by Crippen LogP contribution is 2.46. The van der Waals surface area contributed by atoms with Crippen molar-refractivity contribution in [3.05, 3.63) is 86.6 Å². The van der Waals surface area contributed by atoms with Crippen molar-refractivity contribution in [3.8, 4) is 5.75 Å². The Labute approximate surface area is 176 Å². The van der Waals surface area contributed by atoms with Crippen LogP contribution in [-0.4, -0.2) is 21.9 Å². The molecule has 7 heteroatoms. The molecule has 0 spiro atoms. The Balaban J connectivity index is 1.99. The van der Waals surface area contributed by atoms with Crippen LogP contribution in [0.25, 0.3) is 5.76 Å². The fourth-order valence-electron chi connectivity index (χ4n) is 3.45. The number of para-hydroxylation sites is 2. The van der Waals surface area contributed by atoms with E-state index in [1.807, 2.05) is 18.4 Å². The predicted molar refractivity (Wildman–Crippen MR) is 113 cm³/mol. The van der Waals surface area contributed by atoms with Crippen LogP contribution < -0.4 is 4.90 Å². The quantitative estimate of drug-likeness (QED) is 0.350. The van der Waals surface area contributed by atoms with E-state index in [1.165, 1.54) is 28.4 Å². The zero-order valence-corrected chi connectivity index (χ0v) is 16.9. The van der Waals surface area contributed by atoms with Crippen molar-refractivity contribution in [2.45, 2.75) is 13.0 Å². The number of aliphatic hydroxyl groups excluding tert-OH is 1. The van der Waals surface area contributed by atoms with Gasteiger partial charge in [0.25, 0.3) is 11.7 Å². The molecule has 0 saturated carbocycles. The van der Waals surface area contributed by atoms with Crippen LogP contribution in [0.2, 0.25) is 5.02 Å². The Morgan fingerprint density at radius 3 is 2.52 bits per heavy atom. The van der Waals surface area contributed by atoms with Gasteiger partial charge in [-0.15, -0.1) is 11.3 Å². The molecule has 1 aromatic heterocycles. The van der Waals surface area contributed by atoms with Gasteiger partial charge in [0.1, 0.15) is 17.6 Å². The van der Waals surface area contributed by atoms with Crippen LogP contribution in [0, 0.1) is 6.92 Å². The van der Waals surface area contributed by atoms with E-state index in [4.69, 9.17) is 11.6 Å². The summed E-state index contributed by atoms with van der Waals surface area (Å²) < 4.78 is 0. The Hall–Kier alpha value is -3.09. The molecular weight excluding hydrogens is 410 g/mol. The van der Waals surface area contributed by atoms with Crippen molar-refractivity contribution in [1.82, 2.24) is 0 Å². The maximum Gasteiger partial charge on any atom is 0.300 e. The number of halogens is 1. The number of amides is 1. The minimum Gasteiger partial charge on any atom is -0.507 e. The lowest BCUT2D eigenvalue weighted by Crippen LogP contribution is -2.29.